The van der Waals surface area contributed by atoms with Crippen LogP contribution in [0.4, 0.5) is 0 Å². The summed E-state index contributed by atoms with van der Waals surface area (Å²) in [5.41, 5.74) is 3.94. The van der Waals surface area contributed by atoms with Crippen molar-refractivity contribution in [1.29, 1.82) is 0 Å². The van der Waals surface area contributed by atoms with Crippen LogP contribution in [0.25, 0.3) is 11.3 Å². The van der Waals surface area contributed by atoms with Crippen LogP contribution in [0.5, 0.6) is 0 Å². The van der Waals surface area contributed by atoms with Crippen molar-refractivity contribution in [2.45, 2.75) is 32.0 Å². The molecule has 0 radical (unpaired) electrons. The van der Waals surface area contributed by atoms with E-state index in [0.717, 1.165) is 42.2 Å². The number of rotatable bonds is 5. The number of nitrogens with one attached hydrogen (secondary N) is 1. The molecule has 1 fully saturated rings. The van der Waals surface area contributed by atoms with E-state index in [1.807, 2.05) is 35.9 Å². The van der Waals surface area contributed by atoms with E-state index < -0.39 is 0 Å². The molecule has 5 rings (SSSR count). The van der Waals surface area contributed by atoms with Crippen LogP contribution in [0.3, 0.4) is 0 Å². The van der Waals surface area contributed by atoms with Gasteiger partial charge in [0.15, 0.2) is 5.76 Å². The second-order valence-corrected chi connectivity index (χ2v) is 8.24. The highest BCUT2D eigenvalue weighted by Gasteiger charge is 2.31. The topological polar surface area (TPSA) is 76.2 Å². The molecule has 166 valence electrons. The maximum absolute atomic E-state index is 13.1. The maximum Gasteiger partial charge on any atom is 0.255 e. The first-order chi connectivity index (χ1) is 14.2. The molecule has 5 heterocycles. The first kappa shape index (κ1) is 23.5. The quantitative estimate of drug-likeness (QED) is 0.626. The fraction of sp³-hybridized carbons (Fsp3) is 0.409. The summed E-state index contributed by atoms with van der Waals surface area (Å²) >= 11 is 0. The van der Waals surface area contributed by atoms with Crippen molar-refractivity contribution in [2.24, 2.45) is 5.92 Å². The van der Waals surface area contributed by atoms with Gasteiger partial charge in [0.1, 0.15) is 5.69 Å². The normalized spacial score (nSPS) is 19.3. The summed E-state index contributed by atoms with van der Waals surface area (Å²) < 4.78 is 7.51. The molecule has 1 N–H and O–H groups in total. The minimum absolute atomic E-state index is 0. The largest absolute Gasteiger partial charge is 0.359 e. The van der Waals surface area contributed by atoms with Gasteiger partial charge in [-0.3, -0.25) is 14.7 Å². The predicted octanol–water partition coefficient (Wildman–Crippen LogP) is 3.08. The zero-order chi connectivity index (χ0) is 19.8. The minimum atomic E-state index is 0. The maximum atomic E-state index is 13.1. The Labute approximate surface area is 193 Å². The smallest absolute Gasteiger partial charge is 0.255 e. The molecule has 0 aliphatic carbocycles. The molecule has 9 heteroatoms. The summed E-state index contributed by atoms with van der Waals surface area (Å²) in [5, 5.41) is 7.64. The summed E-state index contributed by atoms with van der Waals surface area (Å²) in [6, 6.07) is 9.91. The lowest BCUT2D eigenvalue weighted by atomic mass is 9.84. The van der Waals surface area contributed by atoms with Crippen molar-refractivity contribution in [3.63, 3.8) is 0 Å². The summed E-state index contributed by atoms with van der Waals surface area (Å²) in [7, 11) is 2.00. The Hall–Kier alpha value is -2.19. The highest BCUT2D eigenvalue weighted by Crippen LogP contribution is 2.31. The van der Waals surface area contributed by atoms with Gasteiger partial charge in [0, 0.05) is 60.8 Å². The van der Waals surface area contributed by atoms with E-state index in [2.05, 4.69) is 26.4 Å². The number of pyridine rings is 2. The van der Waals surface area contributed by atoms with Crippen LogP contribution in [-0.4, -0.2) is 39.7 Å². The standard InChI is InChI=1S/C22H25N5O2.2ClH/c1-26(14-19-9-20(25-29-19)16-4-6-23-7-5-16)13-17-2-3-21-18-8-15(10-24-11-18)12-27(21)22(17)28;;/h2-7,9,15,18,24H,8,10-14H2,1H3;2*1H/t15-,18+;;/m0../s1. The van der Waals surface area contributed by atoms with Gasteiger partial charge in [0.25, 0.3) is 5.56 Å². The molecule has 0 amide bonds. The van der Waals surface area contributed by atoms with Crippen LogP contribution in [0.15, 0.2) is 52.0 Å². The highest BCUT2D eigenvalue weighted by molar-refractivity contribution is 5.85. The van der Waals surface area contributed by atoms with Crippen molar-refractivity contribution in [3.05, 3.63) is 70.1 Å². The fourth-order valence-electron chi connectivity index (χ4n) is 4.62. The van der Waals surface area contributed by atoms with E-state index >= 15 is 0 Å². The van der Waals surface area contributed by atoms with Crippen molar-refractivity contribution in [3.8, 4) is 11.3 Å². The van der Waals surface area contributed by atoms with Gasteiger partial charge in [-0.15, -0.1) is 24.8 Å². The molecule has 7 nitrogen and oxygen atoms in total. The van der Waals surface area contributed by atoms with Gasteiger partial charge >= 0.3 is 0 Å². The lowest BCUT2D eigenvalue weighted by molar-refractivity contribution is 0.250. The van der Waals surface area contributed by atoms with Crippen LogP contribution < -0.4 is 10.9 Å². The molecule has 2 atom stereocenters. The van der Waals surface area contributed by atoms with Crippen molar-refractivity contribution in [2.75, 3.05) is 20.1 Å². The summed E-state index contributed by atoms with van der Waals surface area (Å²) in [4.78, 5) is 19.2. The van der Waals surface area contributed by atoms with Gasteiger partial charge in [-0.05, 0) is 44.1 Å². The Morgan fingerprint density at radius 2 is 1.97 bits per heavy atom. The number of piperidine rings is 1. The third kappa shape index (κ3) is 4.85. The molecule has 0 spiro atoms. The van der Waals surface area contributed by atoms with Crippen LogP contribution in [0.2, 0.25) is 0 Å². The Morgan fingerprint density at radius 1 is 1.16 bits per heavy atom. The van der Waals surface area contributed by atoms with Gasteiger partial charge in [-0.2, -0.15) is 0 Å². The Kier molecular flexibility index (Phi) is 7.54. The van der Waals surface area contributed by atoms with E-state index in [1.165, 1.54) is 12.1 Å². The third-order valence-corrected chi connectivity index (χ3v) is 5.99. The predicted molar refractivity (Wildman–Crippen MR) is 124 cm³/mol. The number of halogens is 2. The average molecular weight is 464 g/mol. The van der Waals surface area contributed by atoms with E-state index in [4.69, 9.17) is 4.52 Å². The summed E-state index contributed by atoms with van der Waals surface area (Å²) in [6.07, 6.45) is 4.67. The van der Waals surface area contributed by atoms with Crippen molar-refractivity contribution < 1.29 is 4.52 Å². The van der Waals surface area contributed by atoms with Gasteiger partial charge in [0.2, 0.25) is 0 Å². The van der Waals surface area contributed by atoms with Gasteiger partial charge in [-0.1, -0.05) is 11.2 Å². The van der Waals surface area contributed by atoms with Gasteiger partial charge in [0.05, 0.1) is 6.54 Å². The van der Waals surface area contributed by atoms with E-state index in [0.29, 0.717) is 24.9 Å². The SMILES string of the molecule is CN(Cc1cc(-c2ccncc2)no1)Cc1ccc2n(c1=O)C[C@@H]1CNC[C@H]2C1.Cl.Cl. The van der Waals surface area contributed by atoms with E-state index in [-0.39, 0.29) is 30.4 Å². The molecular formula is C22H27Cl2N5O2. The van der Waals surface area contributed by atoms with E-state index in [9.17, 15) is 4.79 Å². The molecule has 31 heavy (non-hydrogen) atoms. The highest BCUT2D eigenvalue weighted by atomic mass is 35.5. The first-order valence-corrected chi connectivity index (χ1v) is 10.2. The van der Waals surface area contributed by atoms with Crippen LogP contribution >= 0.6 is 24.8 Å². The van der Waals surface area contributed by atoms with Crippen molar-refractivity contribution >= 4 is 24.8 Å². The number of aromatic nitrogens is 3. The van der Waals surface area contributed by atoms with Crippen LogP contribution in [0, 0.1) is 5.92 Å². The molecule has 0 saturated carbocycles. The first-order valence-electron chi connectivity index (χ1n) is 10.2. The Morgan fingerprint density at radius 3 is 2.77 bits per heavy atom. The Bertz CT molecular complexity index is 1070. The monoisotopic (exact) mass is 463 g/mol. The Balaban J connectivity index is 0.00000136. The number of fused-ring (bicyclic) bond motifs is 4. The third-order valence-electron chi connectivity index (χ3n) is 5.99. The molecular weight excluding hydrogens is 437 g/mol. The molecule has 0 unspecified atom stereocenters. The zero-order valence-corrected chi connectivity index (χ0v) is 19.0. The average Bonchev–Trinajstić information content (AvgIpc) is 3.20. The van der Waals surface area contributed by atoms with Crippen LogP contribution in [-0.2, 0) is 19.6 Å². The number of hydrogen-bond acceptors (Lipinski definition) is 6. The molecule has 2 aliphatic rings. The lowest BCUT2D eigenvalue weighted by Crippen LogP contribution is -2.45. The second kappa shape index (κ2) is 9.96. The second-order valence-electron chi connectivity index (χ2n) is 8.24. The molecule has 3 aromatic heterocycles. The van der Waals surface area contributed by atoms with Gasteiger partial charge < -0.3 is 14.4 Å². The molecule has 2 bridgehead atoms. The van der Waals surface area contributed by atoms with Crippen LogP contribution in [0.1, 0.15) is 29.4 Å². The molecule has 1 saturated heterocycles. The molecule has 3 aromatic rings. The van der Waals surface area contributed by atoms with Crippen molar-refractivity contribution in [1.82, 2.24) is 24.9 Å². The van der Waals surface area contributed by atoms with E-state index in [1.54, 1.807) is 12.4 Å². The zero-order valence-electron chi connectivity index (χ0n) is 17.4. The number of hydrogen-bond donors (Lipinski definition) is 1. The summed E-state index contributed by atoms with van der Waals surface area (Å²) in [6.45, 7) is 3.98. The molecule has 0 aromatic carbocycles. The molecule has 2 aliphatic heterocycles. The van der Waals surface area contributed by atoms with Gasteiger partial charge in [-0.25, -0.2) is 0 Å². The number of nitrogens with zero attached hydrogens (tertiary/aromatic N) is 4. The summed E-state index contributed by atoms with van der Waals surface area (Å²) in [5.74, 6) is 1.80. The minimum Gasteiger partial charge on any atom is -0.359 e. The fourth-order valence-corrected chi connectivity index (χ4v) is 4.62. The lowest BCUT2D eigenvalue weighted by Gasteiger charge is -2.37.